The van der Waals surface area contributed by atoms with E-state index in [4.69, 9.17) is 5.26 Å². The van der Waals surface area contributed by atoms with E-state index in [2.05, 4.69) is 23.9 Å². The van der Waals surface area contributed by atoms with Crippen molar-refractivity contribution in [3.8, 4) is 6.07 Å². The number of benzene rings is 1. The van der Waals surface area contributed by atoms with Crippen molar-refractivity contribution in [2.45, 2.75) is 37.6 Å². The minimum absolute atomic E-state index is 0.00746. The lowest BCUT2D eigenvalue weighted by molar-refractivity contribution is -0.133. The summed E-state index contributed by atoms with van der Waals surface area (Å²) in [7, 11) is -3.59. The maximum atomic E-state index is 12.9. The van der Waals surface area contributed by atoms with Gasteiger partial charge in [0.05, 0.1) is 4.90 Å². The van der Waals surface area contributed by atoms with E-state index in [1.54, 1.807) is 17.0 Å². The summed E-state index contributed by atoms with van der Waals surface area (Å²) in [5.74, 6) is 0.206. The Morgan fingerprint density at radius 2 is 1.86 bits per heavy atom. The zero-order valence-corrected chi connectivity index (χ0v) is 17.3. The number of sulfonamides is 1. The summed E-state index contributed by atoms with van der Waals surface area (Å²) in [6.45, 7) is 5.27. The summed E-state index contributed by atoms with van der Waals surface area (Å²) < 4.78 is 28.5. The molecule has 29 heavy (non-hydrogen) atoms. The van der Waals surface area contributed by atoms with Crippen molar-refractivity contribution >= 4 is 15.9 Å². The van der Waals surface area contributed by atoms with Crippen molar-refractivity contribution in [1.29, 1.82) is 5.26 Å². The summed E-state index contributed by atoms with van der Waals surface area (Å²) in [4.78, 5) is 18.1. The number of nitrogens with zero attached hydrogens (tertiary/aromatic N) is 6. The Kier molecular flexibility index (Phi) is 6.30. The van der Waals surface area contributed by atoms with Gasteiger partial charge in [0.25, 0.3) is 5.82 Å². The highest BCUT2D eigenvalue weighted by molar-refractivity contribution is 7.89. The highest BCUT2D eigenvalue weighted by atomic mass is 32.2. The van der Waals surface area contributed by atoms with Crippen LogP contribution in [0.25, 0.3) is 0 Å². The van der Waals surface area contributed by atoms with E-state index in [-0.39, 0.29) is 36.3 Å². The van der Waals surface area contributed by atoms with E-state index >= 15 is 0 Å². The van der Waals surface area contributed by atoms with Gasteiger partial charge in [-0.05, 0) is 30.0 Å². The largest absolute Gasteiger partial charge is 0.338 e. The van der Waals surface area contributed by atoms with E-state index in [9.17, 15) is 13.2 Å². The normalized spacial score (nSPS) is 16.4. The van der Waals surface area contributed by atoms with Gasteiger partial charge in [-0.3, -0.25) is 4.79 Å². The quantitative estimate of drug-likeness (QED) is 0.699. The smallest absolute Gasteiger partial charge is 0.252 e. The van der Waals surface area contributed by atoms with Gasteiger partial charge < -0.3 is 4.90 Å². The standard InChI is InChI=1S/C19H24N6O3S/c1-3-15(2)16-4-6-17(7-5-16)29(27,28)25-10-8-23(9-11-25)19(26)13-24-14-21-18(12-20)22-24/h4-7,14-15H,3,8-11,13H2,1-2H3. The number of nitriles is 1. The number of hydrogen-bond donors (Lipinski definition) is 0. The SMILES string of the molecule is CCC(C)c1ccc(S(=O)(=O)N2CCN(C(=O)Cn3cnc(C#N)n3)CC2)cc1. The molecule has 9 nitrogen and oxygen atoms in total. The predicted octanol–water partition coefficient (Wildman–Crippen LogP) is 1.20. The fraction of sp³-hybridized carbons (Fsp3) is 0.474. The molecule has 1 aromatic heterocycles. The fourth-order valence-corrected chi connectivity index (χ4v) is 4.61. The second kappa shape index (κ2) is 8.71. The van der Waals surface area contributed by atoms with Crippen molar-refractivity contribution in [2.75, 3.05) is 26.2 Å². The van der Waals surface area contributed by atoms with Crippen LogP contribution in [0.15, 0.2) is 35.5 Å². The molecule has 1 aliphatic heterocycles. The molecule has 2 heterocycles. The molecular formula is C19H24N6O3S. The Morgan fingerprint density at radius 3 is 2.41 bits per heavy atom. The van der Waals surface area contributed by atoms with Crippen molar-refractivity contribution in [3.63, 3.8) is 0 Å². The first-order valence-electron chi connectivity index (χ1n) is 9.52. The highest BCUT2D eigenvalue weighted by Gasteiger charge is 2.30. The molecule has 2 aromatic rings. The molecule has 0 bridgehead atoms. The predicted molar refractivity (Wildman–Crippen MR) is 105 cm³/mol. The summed E-state index contributed by atoms with van der Waals surface area (Å²) in [5, 5.41) is 12.6. The second-order valence-electron chi connectivity index (χ2n) is 7.04. The molecule has 0 radical (unpaired) electrons. The van der Waals surface area contributed by atoms with Crippen LogP contribution in [0.4, 0.5) is 0 Å². The minimum Gasteiger partial charge on any atom is -0.338 e. The van der Waals surface area contributed by atoms with Gasteiger partial charge in [-0.1, -0.05) is 26.0 Å². The van der Waals surface area contributed by atoms with E-state index < -0.39 is 10.0 Å². The molecule has 0 aliphatic carbocycles. The lowest BCUT2D eigenvalue weighted by Crippen LogP contribution is -2.51. The second-order valence-corrected chi connectivity index (χ2v) is 8.98. The molecule has 1 atom stereocenters. The Bertz CT molecular complexity index is 1000. The van der Waals surface area contributed by atoms with Crippen LogP contribution in [0.1, 0.15) is 37.6 Å². The van der Waals surface area contributed by atoms with Gasteiger partial charge in [0, 0.05) is 26.2 Å². The van der Waals surface area contributed by atoms with Crippen LogP contribution in [0.3, 0.4) is 0 Å². The Hall–Kier alpha value is -2.77. The summed E-state index contributed by atoms with van der Waals surface area (Å²) >= 11 is 0. The van der Waals surface area contributed by atoms with E-state index in [0.29, 0.717) is 19.0 Å². The topological polar surface area (TPSA) is 112 Å². The average molecular weight is 417 g/mol. The number of carbonyl (C=O) groups is 1. The molecule has 154 valence electrons. The molecule has 0 N–H and O–H groups in total. The molecule has 1 unspecified atom stereocenters. The molecular weight excluding hydrogens is 392 g/mol. The van der Waals surface area contributed by atoms with Crippen molar-refractivity contribution in [1.82, 2.24) is 24.0 Å². The third-order valence-electron chi connectivity index (χ3n) is 5.22. The molecule has 0 spiro atoms. The zero-order valence-electron chi connectivity index (χ0n) is 16.5. The van der Waals surface area contributed by atoms with Crippen LogP contribution < -0.4 is 0 Å². The van der Waals surface area contributed by atoms with Gasteiger partial charge in [-0.15, -0.1) is 5.10 Å². The third kappa shape index (κ3) is 4.63. The maximum Gasteiger partial charge on any atom is 0.252 e. The molecule has 1 amide bonds. The van der Waals surface area contributed by atoms with Gasteiger partial charge in [0.2, 0.25) is 15.9 Å². The monoisotopic (exact) mass is 416 g/mol. The Morgan fingerprint density at radius 1 is 1.21 bits per heavy atom. The molecule has 1 aliphatic rings. The first-order valence-corrected chi connectivity index (χ1v) is 11.0. The third-order valence-corrected chi connectivity index (χ3v) is 7.14. The summed E-state index contributed by atoms with van der Waals surface area (Å²) in [6.07, 6.45) is 2.33. The van der Waals surface area contributed by atoms with E-state index in [1.807, 2.05) is 18.2 Å². The molecule has 10 heteroatoms. The number of aromatic nitrogens is 3. The highest BCUT2D eigenvalue weighted by Crippen LogP contribution is 2.23. The lowest BCUT2D eigenvalue weighted by atomic mass is 9.99. The molecule has 1 aromatic carbocycles. The maximum absolute atomic E-state index is 12.9. The number of hydrogen-bond acceptors (Lipinski definition) is 6. The van der Waals surface area contributed by atoms with Crippen molar-refractivity contribution in [2.24, 2.45) is 0 Å². The molecule has 3 rings (SSSR count). The fourth-order valence-electron chi connectivity index (χ4n) is 3.19. The number of carbonyl (C=O) groups excluding carboxylic acids is 1. The zero-order chi connectivity index (χ0) is 21.0. The molecule has 1 fully saturated rings. The van der Waals surface area contributed by atoms with E-state index in [1.165, 1.54) is 15.3 Å². The van der Waals surface area contributed by atoms with Crippen LogP contribution in [-0.4, -0.2) is 64.5 Å². The van der Waals surface area contributed by atoms with Gasteiger partial charge in [0.1, 0.15) is 18.9 Å². The van der Waals surface area contributed by atoms with Gasteiger partial charge >= 0.3 is 0 Å². The number of amides is 1. The average Bonchev–Trinajstić information content (AvgIpc) is 3.20. The van der Waals surface area contributed by atoms with Gasteiger partial charge in [0.15, 0.2) is 0 Å². The van der Waals surface area contributed by atoms with E-state index in [0.717, 1.165) is 12.0 Å². The lowest BCUT2D eigenvalue weighted by Gasteiger charge is -2.34. The Labute approximate surface area is 170 Å². The van der Waals surface area contributed by atoms with Crippen LogP contribution in [0, 0.1) is 11.3 Å². The summed E-state index contributed by atoms with van der Waals surface area (Å²) in [6, 6.07) is 8.87. The minimum atomic E-state index is -3.59. The van der Waals surface area contributed by atoms with Crippen LogP contribution in [0.2, 0.25) is 0 Å². The number of rotatable bonds is 6. The van der Waals surface area contributed by atoms with Crippen molar-refractivity contribution in [3.05, 3.63) is 42.0 Å². The van der Waals surface area contributed by atoms with Crippen LogP contribution >= 0.6 is 0 Å². The first kappa shape index (κ1) is 21.0. The van der Waals surface area contributed by atoms with Gasteiger partial charge in [-0.2, -0.15) is 9.57 Å². The van der Waals surface area contributed by atoms with Crippen molar-refractivity contribution < 1.29 is 13.2 Å². The molecule has 0 saturated carbocycles. The number of piperazine rings is 1. The van der Waals surface area contributed by atoms with Crippen LogP contribution in [-0.2, 0) is 21.4 Å². The molecule has 1 saturated heterocycles. The first-order chi connectivity index (χ1) is 13.8. The van der Waals surface area contributed by atoms with Gasteiger partial charge in [-0.25, -0.2) is 18.1 Å². The summed E-state index contributed by atoms with van der Waals surface area (Å²) in [5.41, 5.74) is 1.12. The Balaban J connectivity index is 1.60. The van der Waals surface area contributed by atoms with Crippen LogP contribution in [0.5, 0.6) is 0 Å².